The minimum atomic E-state index is -0.414. The Morgan fingerprint density at radius 1 is 1.14 bits per heavy atom. The van der Waals surface area contributed by atoms with Crippen LogP contribution in [0.1, 0.15) is 49.0 Å². The molecular weight excluding hydrogens is 467 g/mol. The van der Waals surface area contributed by atoms with Gasteiger partial charge in [-0.3, -0.25) is 4.98 Å². The lowest BCUT2D eigenvalue weighted by Crippen LogP contribution is -2.29. The number of fused-ring (bicyclic) bond motifs is 4. The molecule has 4 heterocycles. The Morgan fingerprint density at radius 2 is 2.03 bits per heavy atom. The quantitative estimate of drug-likeness (QED) is 0.299. The molecule has 4 aromatic heterocycles. The Morgan fingerprint density at radius 3 is 2.89 bits per heavy atom. The molecule has 3 N–H and O–H groups in total. The third kappa shape index (κ3) is 4.23. The van der Waals surface area contributed by atoms with Gasteiger partial charge < -0.3 is 15.6 Å². The van der Waals surface area contributed by atoms with Gasteiger partial charge >= 0.3 is 0 Å². The number of nitrogens with one attached hydrogen (secondary N) is 3. The van der Waals surface area contributed by atoms with Gasteiger partial charge in [0.25, 0.3) is 0 Å². The van der Waals surface area contributed by atoms with E-state index in [1.165, 1.54) is 47.3 Å². The first-order valence-electron chi connectivity index (χ1n) is 13.1. The fraction of sp³-hybridized carbons (Fsp3) is 0.357. The summed E-state index contributed by atoms with van der Waals surface area (Å²) in [4.78, 5) is 17.2. The lowest BCUT2D eigenvalue weighted by Gasteiger charge is -2.24. The van der Waals surface area contributed by atoms with Crippen molar-refractivity contribution in [3.8, 4) is 11.4 Å². The summed E-state index contributed by atoms with van der Waals surface area (Å²) in [6.07, 6.45) is 10.1. The fourth-order valence-corrected chi connectivity index (χ4v) is 5.41. The van der Waals surface area contributed by atoms with Crippen LogP contribution in [0.4, 0.5) is 10.3 Å². The van der Waals surface area contributed by atoms with Crippen LogP contribution in [0.15, 0.2) is 48.9 Å². The molecule has 7 rings (SSSR count). The molecule has 1 unspecified atom stereocenters. The highest BCUT2D eigenvalue weighted by Gasteiger charge is 2.26. The van der Waals surface area contributed by atoms with Crippen molar-refractivity contribution < 1.29 is 4.39 Å². The highest BCUT2D eigenvalue weighted by Crippen LogP contribution is 2.32. The molecule has 0 bridgehead atoms. The summed E-state index contributed by atoms with van der Waals surface area (Å²) in [7, 11) is 0. The Balaban J connectivity index is 1.26. The second kappa shape index (κ2) is 8.92. The molecule has 0 saturated heterocycles. The average molecular weight is 497 g/mol. The number of hydrogen-bond acceptors (Lipinski definition) is 6. The van der Waals surface area contributed by atoms with Gasteiger partial charge in [-0.1, -0.05) is 18.2 Å². The second-order valence-electron chi connectivity index (χ2n) is 10.4. The normalized spacial score (nSPS) is 18.3. The molecule has 0 aliphatic heterocycles. The summed E-state index contributed by atoms with van der Waals surface area (Å²) in [5.74, 6) is 1.40. The van der Waals surface area contributed by atoms with E-state index in [-0.39, 0.29) is 12.1 Å². The summed E-state index contributed by atoms with van der Waals surface area (Å²) in [6.45, 7) is 3.13. The van der Waals surface area contributed by atoms with E-state index in [0.29, 0.717) is 17.3 Å². The van der Waals surface area contributed by atoms with Crippen molar-refractivity contribution in [3.63, 3.8) is 0 Å². The molecule has 2 aliphatic rings. The topological polar surface area (TPSA) is 95.8 Å². The maximum atomic E-state index is 14.0. The SMILES string of the molecule is C[C@H](NCC1CC1)c1cnn2c(NC3CCc4[nH]c5ccccc5c4C3)nc(-c3cncc(F)c3)nc12. The molecule has 2 aliphatic carbocycles. The molecule has 0 amide bonds. The molecule has 8 nitrogen and oxygen atoms in total. The molecule has 1 fully saturated rings. The molecule has 1 saturated carbocycles. The maximum absolute atomic E-state index is 14.0. The monoisotopic (exact) mass is 496 g/mol. The van der Waals surface area contributed by atoms with E-state index in [2.05, 4.69) is 56.9 Å². The summed E-state index contributed by atoms with van der Waals surface area (Å²) in [5, 5.41) is 13.2. The van der Waals surface area contributed by atoms with Crippen LogP contribution < -0.4 is 10.6 Å². The second-order valence-corrected chi connectivity index (χ2v) is 10.4. The Bertz CT molecular complexity index is 1600. The number of aryl methyl sites for hydroxylation is 1. The number of aromatic nitrogens is 6. The van der Waals surface area contributed by atoms with Crippen molar-refractivity contribution in [1.82, 2.24) is 34.9 Å². The van der Waals surface area contributed by atoms with Gasteiger partial charge in [0, 0.05) is 46.0 Å². The predicted molar refractivity (Wildman–Crippen MR) is 141 cm³/mol. The Hall–Kier alpha value is -3.85. The standard InChI is InChI=1S/C28H29FN8/c1-16(31-12-17-6-7-17)23-15-32-37-27(23)35-26(18-10-19(29)14-30-13-18)36-28(37)33-20-8-9-25-22(11-20)21-4-2-3-5-24(21)34-25/h2-5,10,13-17,20,31,34H,6-9,11-12H2,1H3,(H,33,35,36)/t16-,20?/m0/s1. The number of para-hydroxylation sites is 1. The molecule has 5 aromatic rings. The largest absolute Gasteiger partial charge is 0.358 e. The van der Waals surface area contributed by atoms with E-state index in [0.717, 1.165) is 42.9 Å². The highest BCUT2D eigenvalue weighted by molar-refractivity contribution is 5.85. The number of H-pyrrole nitrogens is 1. The minimum Gasteiger partial charge on any atom is -0.358 e. The lowest BCUT2D eigenvalue weighted by atomic mass is 9.91. The number of halogens is 1. The molecule has 188 valence electrons. The Kier molecular flexibility index (Phi) is 5.39. The van der Waals surface area contributed by atoms with Crippen LogP contribution in [0.3, 0.4) is 0 Å². The number of nitrogens with zero attached hydrogens (tertiary/aromatic N) is 5. The number of benzene rings is 1. The fourth-order valence-electron chi connectivity index (χ4n) is 5.41. The zero-order valence-electron chi connectivity index (χ0n) is 20.7. The van der Waals surface area contributed by atoms with Crippen molar-refractivity contribution in [2.24, 2.45) is 5.92 Å². The summed E-state index contributed by atoms with van der Waals surface area (Å²) < 4.78 is 15.8. The third-order valence-corrected chi connectivity index (χ3v) is 7.66. The van der Waals surface area contributed by atoms with Gasteiger partial charge in [-0.05, 0) is 69.2 Å². The van der Waals surface area contributed by atoms with E-state index in [1.54, 1.807) is 10.7 Å². The molecule has 37 heavy (non-hydrogen) atoms. The first-order chi connectivity index (χ1) is 18.1. The molecule has 1 aromatic carbocycles. The molecule has 2 atom stereocenters. The Labute approximate surface area is 213 Å². The maximum Gasteiger partial charge on any atom is 0.228 e. The molecule has 9 heteroatoms. The molecule has 0 spiro atoms. The lowest BCUT2D eigenvalue weighted by molar-refractivity contribution is 0.550. The summed E-state index contributed by atoms with van der Waals surface area (Å²) >= 11 is 0. The van der Waals surface area contributed by atoms with Gasteiger partial charge in [0.2, 0.25) is 5.95 Å². The molecule has 0 radical (unpaired) electrons. The van der Waals surface area contributed by atoms with E-state index >= 15 is 0 Å². The van der Waals surface area contributed by atoms with Gasteiger partial charge in [-0.25, -0.2) is 9.37 Å². The van der Waals surface area contributed by atoms with Gasteiger partial charge in [0.05, 0.1) is 12.4 Å². The first-order valence-corrected chi connectivity index (χ1v) is 13.1. The van der Waals surface area contributed by atoms with Gasteiger partial charge in [0.1, 0.15) is 5.82 Å². The van der Waals surface area contributed by atoms with E-state index in [1.807, 2.05) is 6.20 Å². The van der Waals surface area contributed by atoms with Crippen LogP contribution in [-0.2, 0) is 12.8 Å². The van der Waals surface area contributed by atoms with Crippen molar-refractivity contribution in [3.05, 3.63) is 71.6 Å². The van der Waals surface area contributed by atoms with Crippen LogP contribution >= 0.6 is 0 Å². The van der Waals surface area contributed by atoms with E-state index < -0.39 is 5.82 Å². The van der Waals surface area contributed by atoms with Crippen LogP contribution in [0.5, 0.6) is 0 Å². The highest BCUT2D eigenvalue weighted by atomic mass is 19.1. The van der Waals surface area contributed by atoms with Gasteiger partial charge in [-0.15, -0.1) is 0 Å². The van der Waals surface area contributed by atoms with Crippen molar-refractivity contribution >= 4 is 22.5 Å². The van der Waals surface area contributed by atoms with Crippen molar-refractivity contribution in [2.45, 2.75) is 51.1 Å². The van der Waals surface area contributed by atoms with Crippen LogP contribution in [-0.4, -0.2) is 42.1 Å². The van der Waals surface area contributed by atoms with Crippen molar-refractivity contribution in [2.75, 3.05) is 11.9 Å². The van der Waals surface area contributed by atoms with Crippen molar-refractivity contribution in [1.29, 1.82) is 0 Å². The van der Waals surface area contributed by atoms with E-state index in [4.69, 9.17) is 9.97 Å². The number of anilines is 1. The van der Waals surface area contributed by atoms with Crippen LogP contribution in [0.2, 0.25) is 0 Å². The minimum absolute atomic E-state index is 0.0859. The smallest absolute Gasteiger partial charge is 0.228 e. The summed E-state index contributed by atoms with van der Waals surface area (Å²) in [6, 6.07) is 10.2. The van der Waals surface area contributed by atoms with Crippen LogP contribution in [0.25, 0.3) is 27.9 Å². The van der Waals surface area contributed by atoms with Gasteiger partial charge in [-0.2, -0.15) is 14.6 Å². The number of aromatic amines is 1. The number of rotatable bonds is 7. The zero-order chi connectivity index (χ0) is 24.9. The van der Waals surface area contributed by atoms with Crippen LogP contribution in [0, 0.1) is 11.7 Å². The predicted octanol–water partition coefficient (Wildman–Crippen LogP) is 4.84. The number of hydrogen-bond donors (Lipinski definition) is 3. The summed E-state index contributed by atoms with van der Waals surface area (Å²) in [5.41, 5.74) is 6.12. The number of pyridine rings is 1. The average Bonchev–Trinajstić information content (AvgIpc) is 3.53. The van der Waals surface area contributed by atoms with E-state index in [9.17, 15) is 4.39 Å². The molecular formula is C28H29FN8. The van der Waals surface area contributed by atoms with Gasteiger partial charge in [0.15, 0.2) is 11.5 Å². The zero-order valence-corrected chi connectivity index (χ0v) is 20.7. The third-order valence-electron chi connectivity index (χ3n) is 7.66. The first kappa shape index (κ1) is 22.4.